The van der Waals surface area contributed by atoms with Crippen molar-refractivity contribution in [2.45, 2.75) is 6.42 Å². The molecule has 0 rings (SSSR count). The van der Waals surface area contributed by atoms with Gasteiger partial charge in [-0.05, 0) is 0 Å². The largest absolute Gasteiger partial charge is 0.290 e. The van der Waals surface area contributed by atoms with Crippen LogP contribution in [0.4, 0.5) is 0 Å². The molecule has 31 valence electrons. The lowest BCUT2D eigenvalue weighted by atomic mass is 10.5. The Morgan fingerprint density at radius 2 is 2.50 bits per heavy atom. The normalized spacial score (nSPS) is 8.67. The van der Waals surface area contributed by atoms with Gasteiger partial charge in [0.2, 0.25) is 0 Å². The Morgan fingerprint density at radius 3 is 2.67 bits per heavy atom. The monoisotopic (exact) mass is 81.0 g/mol. The Bertz CT molecular complexity index is 78.0. The number of hydrogen-bond donors (Lipinski definition) is 0. The third kappa shape index (κ3) is 3.16. The molecule has 0 aromatic carbocycles. The van der Waals surface area contributed by atoms with Crippen LogP contribution in [0.5, 0.6) is 0 Å². The third-order valence-electron chi connectivity index (χ3n) is 0.316. The van der Waals surface area contributed by atoms with Gasteiger partial charge in [0.1, 0.15) is 0 Å². The molecule has 0 saturated carbocycles. The molecule has 0 unspecified atom stereocenters. The third-order valence-corrected chi connectivity index (χ3v) is 0.316. The molecule has 0 atom stereocenters. The highest BCUT2D eigenvalue weighted by Crippen LogP contribution is 1.62. The van der Waals surface area contributed by atoms with E-state index in [1.165, 1.54) is 0 Å². The second-order valence-corrected chi connectivity index (χ2v) is 0.717. The van der Waals surface area contributed by atoms with Crippen molar-refractivity contribution in [3.63, 3.8) is 0 Å². The molecule has 0 aromatic heterocycles. The van der Waals surface area contributed by atoms with E-state index in [4.69, 9.17) is 5.26 Å². The zero-order valence-corrected chi connectivity index (χ0v) is 3.60. The smallest absolute Gasteiger partial charge is 0.0788 e. The van der Waals surface area contributed by atoms with Gasteiger partial charge in [0.15, 0.2) is 0 Å². The van der Waals surface area contributed by atoms with Crippen LogP contribution in [0, 0.1) is 11.3 Å². The first-order valence-electron chi connectivity index (χ1n) is 1.60. The Kier molecular flexibility index (Phi) is 3.58. The predicted molar refractivity (Wildman–Crippen MR) is 23.6 cm³/mol. The van der Waals surface area contributed by atoms with Crippen LogP contribution in [0.3, 0.4) is 0 Å². The van der Waals surface area contributed by atoms with E-state index in [1.807, 2.05) is 6.07 Å². The molecule has 2 heteroatoms. The van der Waals surface area contributed by atoms with E-state index >= 15 is 0 Å². The molecule has 0 amide bonds. The minimum absolute atomic E-state index is 0.302. The summed E-state index contributed by atoms with van der Waals surface area (Å²) in [6.07, 6.45) is 2.76. The molecule has 0 heterocycles. The zero-order valence-electron chi connectivity index (χ0n) is 3.60. The zero-order chi connectivity index (χ0) is 4.83. The molecule has 0 aromatic rings. The molecule has 0 aliphatic carbocycles. The van der Waals surface area contributed by atoms with Gasteiger partial charge in [-0.1, -0.05) is 0 Å². The lowest BCUT2D eigenvalue weighted by molar-refractivity contribution is 1.38. The molecule has 2 nitrogen and oxygen atoms in total. The standard InChI is InChI=1S/C4H5N2/c1-6-4-2-3-5/h2H2,1H3. The van der Waals surface area contributed by atoms with Crippen LogP contribution in [-0.2, 0) is 0 Å². The summed E-state index contributed by atoms with van der Waals surface area (Å²) < 4.78 is 0. The molecule has 0 bridgehead atoms. The highest BCUT2D eigenvalue weighted by molar-refractivity contribution is 5.59. The highest BCUT2D eigenvalue weighted by atomic mass is 14.6. The van der Waals surface area contributed by atoms with E-state index in [0.717, 1.165) is 0 Å². The van der Waals surface area contributed by atoms with Crippen molar-refractivity contribution in [2.75, 3.05) is 7.05 Å². The van der Waals surface area contributed by atoms with Crippen molar-refractivity contribution in [1.29, 1.82) is 5.26 Å². The number of rotatable bonds is 1. The summed E-state index contributed by atoms with van der Waals surface area (Å²) in [6, 6.07) is 1.86. The molecule has 0 aliphatic rings. The lowest BCUT2D eigenvalue weighted by Crippen LogP contribution is -1.64. The number of hydrogen-bond acceptors (Lipinski definition) is 2. The Balaban J connectivity index is 2.92. The van der Waals surface area contributed by atoms with Gasteiger partial charge in [-0.25, -0.2) is 0 Å². The van der Waals surface area contributed by atoms with Gasteiger partial charge in [-0.15, -0.1) is 0 Å². The van der Waals surface area contributed by atoms with Gasteiger partial charge in [-0.2, -0.15) is 5.26 Å². The van der Waals surface area contributed by atoms with E-state index in [9.17, 15) is 0 Å². The second-order valence-electron chi connectivity index (χ2n) is 0.717. The van der Waals surface area contributed by atoms with Gasteiger partial charge in [0.25, 0.3) is 0 Å². The summed E-state index contributed by atoms with van der Waals surface area (Å²) in [7, 11) is 1.59. The minimum atomic E-state index is 0.302. The SMILES string of the molecule is C/N=[C]\CC#N. The summed E-state index contributed by atoms with van der Waals surface area (Å²) in [6.45, 7) is 0. The molecule has 1 radical (unpaired) electrons. The molecule has 6 heavy (non-hydrogen) atoms. The Labute approximate surface area is 37.1 Å². The van der Waals surface area contributed by atoms with E-state index in [-0.39, 0.29) is 0 Å². The number of nitriles is 1. The van der Waals surface area contributed by atoms with Crippen molar-refractivity contribution < 1.29 is 0 Å². The maximum atomic E-state index is 7.82. The van der Waals surface area contributed by atoms with Crippen LogP contribution in [0.25, 0.3) is 0 Å². The molecule has 0 aliphatic heterocycles. The maximum Gasteiger partial charge on any atom is 0.0788 e. The average molecular weight is 81.1 g/mol. The molecular formula is C4H5N2. The van der Waals surface area contributed by atoms with Crippen molar-refractivity contribution in [1.82, 2.24) is 0 Å². The topological polar surface area (TPSA) is 36.1 Å². The van der Waals surface area contributed by atoms with Gasteiger partial charge in [0.05, 0.1) is 18.7 Å². The highest BCUT2D eigenvalue weighted by Gasteiger charge is 1.64. The molecule has 0 spiro atoms. The van der Waals surface area contributed by atoms with E-state index in [1.54, 1.807) is 7.05 Å². The van der Waals surface area contributed by atoms with E-state index in [0.29, 0.717) is 6.42 Å². The average Bonchev–Trinajstić information content (AvgIpc) is 1.61. The van der Waals surface area contributed by atoms with Crippen molar-refractivity contribution in [2.24, 2.45) is 4.99 Å². The first kappa shape index (κ1) is 5.16. The minimum Gasteiger partial charge on any atom is -0.290 e. The van der Waals surface area contributed by atoms with Crippen LogP contribution in [0.2, 0.25) is 0 Å². The summed E-state index contributed by atoms with van der Waals surface area (Å²) in [5, 5.41) is 7.82. The second kappa shape index (κ2) is 4.16. The molecule has 0 saturated heterocycles. The molecular weight excluding hydrogens is 76.1 g/mol. The fourth-order valence-corrected chi connectivity index (χ4v) is 0.114. The fraction of sp³-hybridized carbons (Fsp3) is 0.500. The molecule has 0 fully saturated rings. The van der Waals surface area contributed by atoms with Gasteiger partial charge < -0.3 is 0 Å². The summed E-state index contributed by atoms with van der Waals surface area (Å²) in [4.78, 5) is 3.45. The van der Waals surface area contributed by atoms with Gasteiger partial charge >= 0.3 is 0 Å². The first-order chi connectivity index (χ1) is 2.91. The van der Waals surface area contributed by atoms with Crippen LogP contribution >= 0.6 is 0 Å². The van der Waals surface area contributed by atoms with Crippen LogP contribution in [0.15, 0.2) is 4.99 Å². The quantitative estimate of drug-likeness (QED) is 0.423. The summed E-state index contributed by atoms with van der Waals surface area (Å²) in [5.41, 5.74) is 0. The Hall–Kier alpha value is -0.840. The van der Waals surface area contributed by atoms with E-state index < -0.39 is 0 Å². The van der Waals surface area contributed by atoms with Crippen molar-refractivity contribution >= 4 is 6.21 Å². The maximum absolute atomic E-state index is 7.82. The van der Waals surface area contributed by atoms with Crippen LogP contribution in [0.1, 0.15) is 6.42 Å². The number of nitrogens with zero attached hydrogens (tertiary/aromatic N) is 2. The predicted octanol–water partition coefficient (Wildman–Crippen LogP) is 0.478. The van der Waals surface area contributed by atoms with Crippen molar-refractivity contribution in [3.05, 3.63) is 0 Å². The van der Waals surface area contributed by atoms with Crippen LogP contribution in [-0.4, -0.2) is 13.3 Å². The van der Waals surface area contributed by atoms with Crippen molar-refractivity contribution in [3.8, 4) is 6.07 Å². The summed E-state index contributed by atoms with van der Waals surface area (Å²) in [5.74, 6) is 0. The van der Waals surface area contributed by atoms with Gasteiger partial charge in [-0.3, -0.25) is 4.99 Å². The van der Waals surface area contributed by atoms with Crippen LogP contribution < -0.4 is 0 Å². The van der Waals surface area contributed by atoms with E-state index in [2.05, 4.69) is 11.2 Å². The fourth-order valence-electron chi connectivity index (χ4n) is 0.114. The van der Waals surface area contributed by atoms with Gasteiger partial charge in [0, 0.05) is 7.05 Å². The first-order valence-corrected chi connectivity index (χ1v) is 1.60. The Morgan fingerprint density at radius 1 is 1.83 bits per heavy atom. The number of aliphatic imine (C=N–C) groups is 1. The lowest BCUT2D eigenvalue weighted by Gasteiger charge is -1.62. The summed E-state index contributed by atoms with van der Waals surface area (Å²) >= 11 is 0. The molecule has 0 N–H and O–H groups in total.